The quantitative estimate of drug-likeness (QED) is 0.905. The van der Waals surface area contributed by atoms with Crippen LogP contribution < -0.4 is 16.2 Å². The van der Waals surface area contributed by atoms with E-state index in [9.17, 15) is 0 Å². The normalized spacial score (nSPS) is 20.5. The lowest BCUT2D eigenvalue weighted by Gasteiger charge is -2.28. The van der Waals surface area contributed by atoms with Crippen molar-refractivity contribution < 1.29 is 4.74 Å². The van der Waals surface area contributed by atoms with Crippen LogP contribution in [0.15, 0.2) is 60.6 Å². The van der Waals surface area contributed by atoms with Gasteiger partial charge in [0.25, 0.3) is 0 Å². The molecule has 0 fully saturated rings. The van der Waals surface area contributed by atoms with Crippen LogP contribution in [0.5, 0.6) is 5.75 Å². The Balaban J connectivity index is 2.04. The van der Waals surface area contributed by atoms with Crippen molar-refractivity contribution in [2.45, 2.75) is 12.0 Å². The van der Waals surface area contributed by atoms with Gasteiger partial charge in [0.2, 0.25) is 0 Å². The molecular weight excluding hydrogens is 276 g/mol. The predicted molar refractivity (Wildman–Crippen MR) is 85.9 cm³/mol. The number of rotatable bonds is 3. The molecular formula is C17H18N4O. The zero-order valence-corrected chi connectivity index (χ0v) is 12.4. The molecule has 1 aromatic carbocycles. The number of benzene rings is 1. The molecule has 0 amide bonds. The second-order valence-electron chi connectivity index (χ2n) is 5.31. The average molecular weight is 294 g/mol. The molecule has 5 nitrogen and oxygen atoms in total. The van der Waals surface area contributed by atoms with Crippen LogP contribution in [0.25, 0.3) is 11.3 Å². The van der Waals surface area contributed by atoms with Gasteiger partial charge in [-0.05, 0) is 24.3 Å². The number of para-hydroxylation sites is 1. The maximum atomic E-state index is 6.46. The lowest BCUT2D eigenvalue weighted by atomic mass is 9.86. The molecule has 1 atom stereocenters. The number of hydrogen-bond acceptors (Lipinski definition) is 5. The third-order valence-corrected chi connectivity index (χ3v) is 3.73. The summed E-state index contributed by atoms with van der Waals surface area (Å²) in [5.74, 6) is 0.761. The third-order valence-electron chi connectivity index (χ3n) is 3.73. The predicted octanol–water partition coefficient (Wildman–Crippen LogP) is 2.11. The van der Waals surface area contributed by atoms with Crippen molar-refractivity contribution in [1.29, 1.82) is 0 Å². The molecule has 0 spiro atoms. The Morgan fingerprint density at radius 3 is 2.82 bits per heavy atom. The molecule has 1 heterocycles. The molecule has 1 aliphatic rings. The number of aromatic nitrogens is 2. The zero-order chi connectivity index (χ0) is 15.6. The first-order valence-electron chi connectivity index (χ1n) is 7.01. The Morgan fingerprint density at radius 1 is 1.23 bits per heavy atom. The average Bonchev–Trinajstić information content (AvgIpc) is 2.55. The summed E-state index contributed by atoms with van der Waals surface area (Å²) in [6, 6.07) is 9.61. The summed E-state index contributed by atoms with van der Waals surface area (Å²) in [4.78, 5) is 8.69. The van der Waals surface area contributed by atoms with Crippen molar-refractivity contribution >= 4 is 0 Å². The van der Waals surface area contributed by atoms with Gasteiger partial charge in [0.1, 0.15) is 12.1 Å². The summed E-state index contributed by atoms with van der Waals surface area (Å²) >= 11 is 0. The van der Waals surface area contributed by atoms with E-state index in [1.807, 2.05) is 48.6 Å². The van der Waals surface area contributed by atoms with E-state index in [-0.39, 0.29) is 0 Å². The third kappa shape index (κ3) is 2.58. The Morgan fingerprint density at radius 2 is 2.05 bits per heavy atom. The topological polar surface area (TPSA) is 87.0 Å². The molecule has 0 bridgehead atoms. The van der Waals surface area contributed by atoms with E-state index in [0.29, 0.717) is 6.42 Å². The monoisotopic (exact) mass is 294 g/mol. The number of hydrogen-bond donors (Lipinski definition) is 2. The van der Waals surface area contributed by atoms with Gasteiger partial charge in [0, 0.05) is 17.7 Å². The summed E-state index contributed by atoms with van der Waals surface area (Å²) in [5.41, 5.74) is 14.8. The van der Waals surface area contributed by atoms with Gasteiger partial charge in [-0.25, -0.2) is 9.97 Å². The molecule has 1 unspecified atom stereocenters. The Labute approximate surface area is 129 Å². The van der Waals surface area contributed by atoms with E-state index in [1.54, 1.807) is 7.11 Å². The van der Waals surface area contributed by atoms with E-state index in [2.05, 4.69) is 9.97 Å². The molecule has 3 rings (SSSR count). The highest BCUT2D eigenvalue weighted by atomic mass is 16.5. The Hall–Kier alpha value is -2.66. The van der Waals surface area contributed by atoms with E-state index in [4.69, 9.17) is 16.2 Å². The van der Waals surface area contributed by atoms with Crippen LogP contribution in [-0.4, -0.2) is 17.1 Å². The number of methoxy groups -OCH3 is 1. The molecule has 2 aromatic rings. The molecule has 5 heteroatoms. The van der Waals surface area contributed by atoms with Crippen molar-refractivity contribution in [1.82, 2.24) is 9.97 Å². The van der Waals surface area contributed by atoms with Gasteiger partial charge in [0.05, 0.1) is 24.0 Å². The van der Waals surface area contributed by atoms with Crippen molar-refractivity contribution in [2.75, 3.05) is 7.11 Å². The molecule has 0 aliphatic heterocycles. The highest BCUT2D eigenvalue weighted by Gasteiger charge is 2.29. The summed E-state index contributed by atoms with van der Waals surface area (Å²) in [7, 11) is 1.64. The standard InChI is InChI=1S/C17H18N4O/c1-22-15-7-3-2-6-13(15)14-9-16(21-11-20-14)17(19)8-4-5-12(18)10-17/h2-9,11H,10,18-19H2,1H3. The SMILES string of the molecule is COc1ccccc1-c1cc(C2(N)C=CC=C(N)C2)ncn1. The second kappa shape index (κ2) is 5.61. The highest BCUT2D eigenvalue weighted by Crippen LogP contribution is 2.32. The Kier molecular flexibility index (Phi) is 3.65. The van der Waals surface area contributed by atoms with Crippen LogP contribution in [-0.2, 0) is 5.54 Å². The van der Waals surface area contributed by atoms with Gasteiger partial charge in [-0.3, -0.25) is 0 Å². The van der Waals surface area contributed by atoms with Crippen LogP contribution in [0.4, 0.5) is 0 Å². The van der Waals surface area contributed by atoms with E-state index in [0.717, 1.165) is 28.4 Å². The lowest BCUT2D eigenvalue weighted by Crippen LogP contribution is -2.38. The number of ether oxygens (including phenoxy) is 1. The first kappa shape index (κ1) is 14.3. The van der Waals surface area contributed by atoms with E-state index < -0.39 is 5.54 Å². The fourth-order valence-corrected chi connectivity index (χ4v) is 2.59. The minimum Gasteiger partial charge on any atom is -0.496 e. The summed E-state index contributed by atoms with van der Waals surface area (Å²) < 4.78 is 5.39. The molecule has 0 radical (unpaired) electrons. The van der Waals surface area contributed by atoms with Gasteiger partial charge in [-0.1, -0.05) is 24.3 Å². The number of nitrogens with two attached hydrogens (primary N) is 2. The minimum absolute atomic E-state index is 0.534. The molecule has 0 saturated carbocycles. The van der Waals surface area contributed by atoms with Crippen molar-refractivity contribution in [3.63, 3.8) is 0 Å². The van der Waals surface area contributed by atoms with Gasteiger partial charge < -0.3 is 16.2 Å². The summed E-state index contributed by atoms with van der Waals surface area (Å²) in [6.07, 6.45) is 7.69. The first-order valence-corrected chi connectivity index (χ1v) is 7.01. The van der Waals surface area contributed by atoms with Crippen molar-refractivity contribution in [3.05, 3.63) is 66.3 Å². The fraction of sp³-hybridized carbons (Fsp3) is 0.176. The maximum Gasteiger partial charge on any atom is 0.128 e. The van der Waals surface area contributed by atoms with Crippen LogP contribution in [0.2, 0.25) is 0 Å². The summed E-state index contributed by atoms with van der Waals surface area (Å²) in [6.45, 7) is 0. The lowest BCUT2D eigenvalue weighted by molar-refractivity contribution is 0.416. The van der Waals surface area contributed by atoms with Crippen LogP contribution in [0, 0.1) is 0 Å². The van der Waals surface area contributed by atoms with Crippen molar-refractivity contribution in [3.8, 4) is 17.0 Å². The highest BCUT2D eigenvalue weighted by molar-refractivity contribution is 5.67. The van der Waals surface area contributed by atoms with Crippen LogP contribution in [0.3, 0.4) is 0 Å². The molecule has 1 aromatic heterocycles. The second-order valence-corrected chi connectivity index (χ2v) is 5.31. The van der Waals surface area contributed by atoms with E-state index >= 15 is 0 Å². The van der Waals surface area contributed by atoms with Gasteiger partial charge in [-0.2, -0.15) is 0 Å². The van der Waals surface area contributed by atoms with Gasteiger partial charge in [-0.15, -0.1) is 0 Å². The fourth-order valence-electron chi connectivity index (χ4n) is 2.59. The maximum absolute atomic E-state index is 6.46. The largest absolute Gasteiger partial charge is 0.496 e. The number of nitrogens with zero attached hydrogens (tertiary/aromatic N) is 2. The van der Waals surface area contributed by atoms with Crippen LogP contribution in [0.1, 0.15) is 12.1 Å². The van der Waals surface area contributed by atoms with Crippen LogP contribution >= 0.6 is 0 Å². The van der Waals surface area contributed by atoms with Gasteiger partial charge >= 0.3 is 0 Å². The smallest absolute Gasteiger partial charge is 0.128 e. The molecule has 4 N–H and O–H groups in total. The molecule has 112 valence electrons. The number of allylic oxidation sites excluding steroid dienone is 2. The first-order chi connectivity index (χ1) is 10.6. The van der Waals surface area contributed by atoms with E-state index in [1.165, 1.54) is 6.33 Å². The van der Waals surface area contributed by atoms with Gasteiger partial charge in [0.15, 0.2) is 0 Å². The van der Waals surface area contributed by atoms with Crippen molar-refractivity contribution in [2.24, 2.45) is 11.5 Å². The minimum atomic E-state index is -0.710. The molecule has 1 aliphatic carbocycles. The molecule has 0 saturated heterocycles. The summed E-state index contributed by atoms with van der Waals surface area (Å²) in [5, 5.41) is 0. The molecule has 22 heavy (non-hydrogen) atoms. The zero-order valence-electron chi connectivity index (χ0n) is 12.4. The Bertz CT molecular complexity index is 754.